The molecule has 0 unspecified atom stereocenters. The molecule has 1 aromatic heterocycles. The molecule has 1 heterocycles. The standard InChI is InChI=1S/C20H25ClFN3O/c1-13-11-25(24-14(13)2)12-16-5-3-15(4-6-16)10-23-20(26)18-9-17(22)7-8-19(18)21/h7-9,11,15-16H,3-6,10,12H2,1-2H3,(H,23,26). The smallest absolute Gasteiger partial charge is 0.252 e. The minimum absolute atomic E-state index is 0.199. The summed E-state index contributed by atoms with van der Waals surface area (Å²) in [6, 6.07) is 3.85. The van der Waals surface area contributed by atoms with Crippen molar-refractivity contribution in [2.24, 2.45) is 11.8 Å². The first kappa shape index (κ1) is 18.9. The van der Waals surface area contributed by atoms with Gasteiger partial charge in [0.2, 0.25) is 0 Å². The summed E-state index contributed by atoms with van der Waals surface area (Å²) in [6.45, 7) is 5.70. The second-order valence-corrected chi connectivity index (χ2v) is 7.75. The van der Waals surface area contributed by atoms with Gasteiger partial charge in [-0.25, -0.2) is 4.39 Å². The number of amides is 1. The molecule has 4 nitrogen and oxygen atoms in total. The van der Waals surface area contributed by atoms with Gasteiger partial charge >= 0.3 is 0 Å². The molecule has 0 atom stereocenters. The number of nitrogens with zero attached hydrogens (tertiary/aromatic N) is 2. The van der Waals surface area contributed by atoms with Crippen LogP contribution in [-0.2, 0) is 6.54 Å². The second-order valence-electron chi connectivity index (χ2n) is 7.34. The fraction of sp³-hybridized carbons (Fsp3) is 0.500. The third-order valence-corrected chi connectivity index (χ3v) is 5.66. The fourth-order valence-corrected chi connectivity index (χ4v) is 3.80. The van der Waals surface area contributed by atoms with Gasteiger partial charge in [-0.05, 0) is 75.1 Å². The number of benzene rings is 1. The molecular formula is C20H25ClFN3O. The van der Waals surface area contributed by atoms with Crippen LogP contribution < -0.4 is 5.32 Å². The average Bonchev–Trinajstić information content (AvgIpc) is 2.93. The van der Waals surface area contributed by atoms with Crippen LogP contribution in [0.15, 0.2) is 24.4 Å². The molecule has 1 aromatic carbocycles. The number of halogens is 2. The van der Waals surface area contributed by atoms with Crippen LogP contribution >= 0.6 is 11.6 Å². The largest absolute Gasteiger partial charge is 0.352 e. The molecule has 0 spiro atoms. The summed E-state index contributed by atoms with van der Waals surface area (Å²) in [7, 11) is 0. The SMILES string of the molecule is Cc1cn(CC2CCC(CNC(=O)c3cc(F)ccc3Cl)CC2)nc1C. The molecule has 26 heavy (non-hydrogen) atoms. The van der Waals surface area contributed by atoms with Crippen molar-refractivity contribution >= 4 is 17.5 Å². The Kier molecular flexibility index (Phi) is 5.97. The van der Waals surface area contributed by atoms with Gasteiger partial charge in [-0.1, -0.05) is 11.6 Å². The monoisotopic (exact) mass is 377 g/mol. The molecule has 1 aliphatic carbocycles. The fourth-order valence-electron chi connectivity index (χ4n) is 3.60. The molecule has 2 aromatic rings. The number of hydrogen-bond donors (Lipinski definition) is 1. The van der Waals surface area contributed by atoms with Crippen LogP contribution in [0.4, 0.5) is 4.39 Å². The maximum Gasteiger partial charge on any atom is 0.252 e. The summed E-state index contributed by atoms with van der Waals surface area (Å²) in [5.41, 5.74) is 2.53. The molecule has 1 amide bonds. The van der Waals surface area contributed by atoms with Gasteiger partial charge < -0.3 is 5.32 Å². The van der Waals surface area contributed by atoms with E-state index in [-0.39, 0.29) is 16.5 Å². The number of aromatic nitrogens is 2. The highest BCUT2D eigenvalue weighted by atomic mass is 35.5. The van der Waals surface area contributed by atoms with Crippen molar-refractivity contribution in [1.29, 1.82) is 0 Å². The Morgan fingerprint density at radius 2 is 1.96 bits per heavy atom. The van der Waals surface area contributed by atoms with E-state index in [1.54, 1.807) is 0 Å². The Bertz CT molecular complexity index is 762. The first-order valence-corrected chi connectivity index (χ1v) is 9.54. The molecule has 1 N–H and O–H groups in total. The van der Waals surface area contributed by atoms with E-state index >= 15 is 0 Å². The number of rotatable bonds is 5. The Balaban J connectivity index is 1.45. The molecule has 0 aliphatic heterocycles. The van der Waals surface area contributed by atoms with Crippen molar-refractivity contribution in [2.75, 3.05) is 6.54 Å². The van der Waals surface area contributed by atoms with E-state index in [0.717, 1.165) is 37.9 Å². The molecular weight excluding hydrogens is 353 g/mol. The van der Waals surface area contributed by atoms with Gasteiger partial charge in [-0.15, -0.1) is 0 Å². The van der Waals surface area contributed by atoms with Crippen LogP contribution in [0.2, 0.25) is 5.02 Å². The quantitative estimate of drug-likeness (QED) is 0.832. The minimum Gasteiger partial charge on any atom is -0.352 e. The van der Waals surface area contributed by atoms with Gasteiger partial charge in [0.15, 0.2) is 0 Å². The summed E-state index contributed by atoms with van der Waals surface area (Å²) >= 11 is 5.99. The van der Waals surface area contributed by atoms with Gasteiger partial charge in [-0.3, -0.25) is 9.48 Å². The first-order valence-electron chi connectivity index (χ1n) is 9.16. The van der Waals surface area contributed by atoms with E-state index in [0.29, 0.717) is 18.4 Å². The van der Waals surface area contributed by atoms with E-state index in [1.807, 2.05) is 6.92 Å². The number of hydrogen-bond acceptors (Lipinski definition) is 2. The van der Waals surface area contributed by atoms with Crippen LogP contribution in [0, 0.1) is 31.5 Å². The Hall–Kier alpha value is -1.88. The van der Waals surface area contributed by atoms with Crippen LogP contribution in [0.3, 0.4) is 0 Å². The highest BCUT2D eigenvalue weighted by molar-refractivity contribution is 6.33. The van der Waals surface area contributed by atoms with Crippen molar-refractivity contribution < 1.29 is 9.18 Å². The molecule has 0 radical (unpaired) electrons. The third-order valence-electron chi connectivity index (χ3n) is 5.33. The normalized spacial score (nSPS) is 20.2. The van der Waals surface area contributed by atoms with Gasteiger partial charge in [0.1, 0.15) is 5.82 Å². The van der Waals surface area contributed by atoms with Gasteiger partial charge in [0.05, 0.1) is 16.3 Å². The van der Waals surface area contributed by atoms with E-state index in [1.165, 1.54) is 23.8 Å². The molecule has 140 valence electrons. The molecule has 0 saturated heterocycles. The predicted octanol–water partition coefficient (Wildman–Crippen LogP) is 4.53. The highest BCUT2D eigenvalue weighted by Gasteiger charge is 2.23. The lowest BCUT2D eigenvalue weighted by molar-refractivity contribution is 0.0940. The molecule has 1 aliphatic rings. The number of nitrogens with one attached hydrogen (secondary N) is 1. The van der Waals surface area contributed by atoms with Crippen molar-refractivity contribution in [2.45, 2.75) is 46.1 Å². The van der Waals surface area contributed by atoms with Crippen molar-refractivity contribution in [1.82, 2.24) is 15.1 Å². The number of carbonyl (C=O) groups excluding carboxylic acids is 1. The Labute approximate surface area is 158 Å². The number of aryl methyl sites for hydroxylation is 2. The van der Waals surface area contributed by atoms with E-state index < -0.39 is 5.82 Å². The minimum atomic E-state index is -0.454. The molecule has 6 heteroatoms. The van der Waals surface area contributed by atoms with E-state index in [9.17, 15) is 9.18 Å². The zero-order valence-electron chi connectivity index (χ0n) is 15.3. The van der Waals surface area contributed by atoms with E-state index in [4.69, 9.17) is 11.6 Å². The highest BCUT2D eigenvalue weighted by Crippen LogP contribution is 2.29. The van der Waals surface area contributed by atoms with Gasteiger partial charge in [-0.2, -0.15) is 5.10 Å². The van der Waals surface area contributed by atoms with Crippen molar-refractivity contribution in [3.63, 3.8) is 0 Å². The van der Waals surface area contributed by atoms with Crippen molar-refractivity contribution in [3.8, 4) is 0 Å². The van der Waals surface area contributed by atoms with Crippen LogP contribution in [-0.4, -0.2) is 22.2 Å². The van der Waals surface area contributed by atoms with Gasteiger partial charge in [0.25, 0.3) is 5.91 Å². The zero-order chi connectivity index (χ0) is 18.7. The summed E-state index contributed by atoms with van der Waals surface area (Å²) in [5.74, 6) is 0.338. The lowest BCUT2D eigenvalue weighted by Gasteiger charge is -2.28. The molecule has 1 fully saturated rings. The molecule has 1 saturated carbocycles. The van der Waals surface area contributed by atoms with E-state index in [2.05, 4.69) is 28.2 Å². The predicted molar refractivity (Wildman–Crippen MR) is 101 cm³/mol. The molecule has 0 bridgehead atoms. The molecule has 3 rings (SSSR count). The summed E-state index contributed by atoms with van der Waals surface area (Å²) in [6.07, 6.45) is 6.56. The first-order chi connectivity index (χ1) is 12.4. The second kappa shape index (κ2) is 8.21. The van der Waals surface area contributed by atoms with Crippen LogP contribution in [0.1, 0.15) is 47.3 Å². The number of carbonyl (C=O) groups is 1. The lowest BCUT2D eigenvalue weighted by Crippen LogP contribution is -2.32. The van der Waals surface area contributed by atoms with Crippen LogP contribution in [0.25, 0.3) is 0 Å². The maximum absolute atomic E-state index is 13.3. The Morgan fingerprint density at radius 1 is 1.27 bits per heavy atom. The zero-order valence-corrected chi connectivity index (χ0v) is 16.0. The Morgan fingerprint density at radius 3 is 2.62 bits per heavy atom. The van der Waals surface area contributed by atoms with Gasteiger partial charge in [0, 0.05) is 19.3 Å². The topological polar surface area (TPSA) is 46.9 Å². The summed E-state index contributed by atoms with van der Waals surface area (Å²) in [5, 5.41) is 7.73. The third kappa shape index (κ3) is 4.64. The van der Waals surface area contributed by atoms with Crippen LogP contribution in [0.5, 0.6) is 0 Å². The summed E-state index contributed by atoms with van der Waals surface area (Å²) in [4.78, 5) is 12.2. The van der Waals surface area contributed by atoms with Crippen molar-refractivity contribution in [3.05, 3.63) is 52.1 Å². The lowest BCUT2D eigenvalue weighted by atomic mass is 9.82. The average molecular weight is 378 g/mol. The maximum atomic E-state index is 13.3. The summed E-state index contributed by atoms with van der Waals surface area (Å²) < 4.78 is 15.4.